The van der Waals surface area contributed by atoms with E-state index in [1.165, 1.54) is 0 Å². The summed E-state index contributed by atoms with van der Waals surface area (Å²) in [5.74, 6) is 5.72. The van der Waals surface area contributed by atoms with Crippen LogP contribution in [0.2, 0.25) is 0 Å². The normalized spacial score (nSPS) is 21.6. The van der Waals surface area contributed by atoms with Crippen molar-refractivity contribution < 1.29 is 10.2 Å². The van der Waals surface area contributed by atoms with Gasteiger partial charge < -0.3 is 21.0 Å². The fourth-order valence-electron chi connectivity index (χ4n) is 4.31. The summed E-state index contributed by atoms with van der Waals surface area (Å²) in [7, 11) is 0. The van der Waals surface area contributed by atoms with Crippen molar-refractivity contribution in [2.24, 2.45) is 5.92 Å². The van der Waals surface area contributed by atoms with Gasteiger partial charge in [-0.2, -0.15) is 4.68 Å². The molecule has 0 amide bonds. The molecule has 1 aliphatic carbocycles. The lowest BCUT2D eigenvalue weighted by molar-refractivity contribution is 0.0414. The van der Waals surface area contributed by atoms with Crippen molar-refractivity contribution in [3.63, 3.8) is 0 Å². The maximum atomic E-state index is 12.6. The predicted octanol–water partition coefficient (Wildman–Crippen LogP) is 0.0899. The molecule has 27 heavy (non-hydrogen) atoms. The minimum atomic E-state index is -0.734. The number of hydrogen-bond donors (Lipinski definition) is 3. The van der Waals surface area contributed by atoms with E-state index in [9.17, 15) is 19.8 Å². The van der Waals surface area contributed by atoms with Crippen LogP contribution in [0, 0.1) is 12.8 Å². The van der Waals surface area contributed by atoms with Gasteiger partial charge in [-0.3, -0.25) is 9.36 Å². The van der Waals surface area contributed by atoms with Gasteiger partial charge in [0.15, 0.2) is 0 Å². The summed E-state index contributed by atoms with van der Waals surface area (Å²) >= 11 is 0. The number of fused-ring (bicyclic) bond motifs is 1. The highest BCUT2D eigenvalue weighted by atomic mass is 16.3. The number of nitrogen functional groups attached to an aromatic ring is 1. The molecule has 1 aromatic heterocycles. The summed E-state index contributed by atoms with van der Waals surface area (Å²) in [4.78, 5) is 27.3. The molecule has 4 N–H and O–H groups in total. The summed E-state index contributed by atoms with van der Waals surface area (Å²) < 4.78 is 2.37. The second-order valence-corrected chi connectivity index (χ2v) is 7.76. The third kappa shape index (κ3) is 2.93. The molecular weight excluding hydrogens is 348 g/mol. The number of aliphatic hydroxyl groups excluding tert-OH is 2. The first kappa shape index (κ1) is 18.1. The molecule has 0 bridgehead atoms. The fraction of sp³-hybridized carbons (Fsp3) is 0.579. The molecule has 1 saturated carbocycles. The Morgan fingerprint density at radius 3 is 2.67 bits per heavy atom. The Bertz CT molecular complexity index is 992. The Hall–Kier alpha value is -2.32. The number of aliphatic hydroxyl groups is 2. The van der Waals surface area contributed by atoms with Crippen LogP contribution in [0.3, 0.4) is 0 Å². The quantitative estimate of drug-likeness (QED) is 0.654. The lowest BCUT2D eigenvalue weighted by Crippen LogP contribution is -2.45. The average Bonchev–Trinajstić information content (AvgIpc) is 3.51. The van der Waals surface area contributed by atoms with Crippen LogP contribution < -0.4 is 22.0 Å². The van der Waals surface area contributed by atoms with Crippen LogP contribution in [-0.4, -0.2) is 45.3 Å². The zero-order valence-electron chi connectivity index (χ0n) is 15.5. The summed E-state index contributed by atoms with van der Waals surface area (Å²) in [5.41, 5.74) is 1.56. The minimum absolute atomic E-state index is 0.00140. The number of aromatic nitrogens is 2. The number of benzene rings is 1. The van der Waals surface area contributed by atoms with E-state index < -0.39 is 17.4 Å². The first-order valence-electron chi connectivity index (χ1n) is 9.53. The van der Waals surface area contributed by atoms with Gasteiger partial charge in [-0.1, -0.05) is 0 Å². The fourth-order valence-corrected chi connectivity index (χ4v) is 4.31. The molecule has 146 valence electrons. The number of aryl methyl sites for hydroxylation is 1. The van der Waals surface area contributed by atoms with E-state index in [-0.39, 0.29) is 18.6 Å². The van der Waals surface area contributed by atoms with Crippen molar-refractivity contribution in [3.8, 4) is 0 Å². The van der Waals surface area contributed by atoms with E-state index in [0.29, 0.717) is 22.1 Å². The van der Waals surface area contributed by atoms with Crippen LogP contribution in [0.1, 0.15) is 37.3 Å². The largest absolute Gasteiger partial charge is 0.394 e. The third-order valence-corrected chi connectivity index (χ3v) is 5.95. The summed E-state index contributed by atoms with van der Waals surface area (Å²) in [6.45, 7) is 3.16. The predicted molar refractivity (Wildman–Crippen MR) is 104 cm³/mol. The van der Waals surface area contributed by atoms with Crippen molar-refractivity contribution in [2.75, 3.05) is 30.4 Å². The number of nitrogens with two attached hydrogens (primary N) is 1. The van der Waals surface area contributed by atoms with E-state index in [2.05, 4.69) is 4.90 Å². The van der Waals surface area contributed by atoms with E-state index in [1.807, 2.05) is 13.0 Å². The van der Waals surface area contributed by atoms with E-state index >= 15 is 0 Å². The summed E-state index contributed by atoms with van der Waals surface area (Å²) in [6.07, 6.45) is 2.87. The molecule has 2 heterocycles. The average molecular weight is 374 g/mol. The van der Waals surface area contributed by atoms with Gasteiger partial charge in [0.2, 0.25) is 0 Å². The summed E-state index contributed by atoms with van der Waals surface area (Å²) in [5, 5.41) is 19.8. The number of nitrogens with zero attached hydrogens (tertiary/aromatic N) is 3. The lowest BCUT2D eigenvalue weighted by atomic mass is 9.92. The molecule has 1 saturated heterocycles. The van der Waals surface area contributed by atoms with Crippen molar-refractivity contribution in [3.05, 3.63) is 38.5 Å². The highest BCUT2D eigenvalue weighted by molar-refractivity contribution is 5.87. The zero-order valence-corrected chi connectivity index (χ0v) is 15.5. The first-order chi connectivity index (χ1) is 12.9. The van der Waals surface area contributed by atoms with Gasteiger partial charge in [0.05, 0.1) is 23.6 Å². The zero-order chi connectivity index (χ0) is 19.3. The molecule has 2 fully saturated rings. The molecule has 2 unspecified atom stereocenters. The maximum absolute atomic E-state index is 12.6. The maximum Gasteiger partial charge on any atom is 0.350 e. The number of rotatable bonds is 4. The molecule has 8 nitrogen and oxygen atoms in total. The monoisotopic (exact) mass is 374 g/mol. The van der Waals surface area contributed by atoms with Crippen molar-refractivity contribution >= 4 is 16.6 Å². The number of piperidine rings is 1. The molecule has 2 aromatic rings. The van der Waals surface area contributed by atoms with Crippen LogP contribution in [0.5, 0.6) is 0 Å². The van der Waals surface area contributed by atoms with Gasteiger partial charge in [0.1, 0.15) is 0 Å². The van der Waals surface area contributed by atoms with Crippen molar-refractivity contribution in [2.45, 2.75) is 44.8 Å². The van der Waals surface area contributed by atoms with Crippen LogP contribution in [-0.2, 0) is 0 Å². The topological polar surface area (TPSA) is 114 Å². The van der Waals surface area contributed by atoms with E-state index in [0.717, 1.165) is 43.5 Å². The Kier molecular flexibility index (Phi) is 4.47. The Labute approximate surface area is 156 Å². The third-order valence-electron chi connectivity index (χ3n) is 5.95. The Balaban J connectivity index is 1.85. The van der Waals surface area contributed by atoms with E-state index in [1.54, 1.807) is 10.6 Å². The second kappa shape index (κ2) is 6.69. The molecule has 1 aromatic carbocycles. The lowest BCUT2D eigenvalue weighted by Gasteiger charge is -2.37. The van der Waals surface area contributed by atoms with Gasteiger partial charge in [0.25, 0.3) is 5.56 Å². The van der Waals surface area contributed by atoms with Gasteiger partial charge >= 0.3 is 5.69 Å². The highest BCUT2D eigenvalue weighted by Gasteiger charge is 2.31. The minimum Gasteiger partial charge on any atom is -0.394 e. The van der Waals surface area contributed by atoms with Crippen LogP contribution in [0.4, 0.5) is 5.69 Å². The highest BCUT2D eigenvalue weighted by Crippen LogP contribution is 2.38. The molecule has 1 aliphatic heterocycles. The van der Waals surface area contributed by atoms with Gasteiger partial charge in [-0.25, -0.2) is 4.79 Å². The van der Waals surface area contributed by atoms with E-state index in [4.69, 9.17) is 5.84 Å². The Morgan fingerprint density at radius 1 is 1.26 bits per heavy atom. The Morgan fingerprint density at radius 2 is 2.00 bits per heavy atom. The van der Waals surface area contributed by atoms with Gasteiger partial charge in [-0.15, -0.1) is 0 Å². The molecule has 2 aliphatic rings. The molecule has 4 rings (SSSR count). The smallest absolute Gasteiger partial charge is 0.350 e. The number of hydrogen-bond acceptors (Lipinski definition) is 6. The van der Waals surface area contributed by atoms with Crippen LogP contribution in [0.25, 0.3) is 10.9 Å². The second-order valence-electron chi connectivity index (χ2n) is 7.76. The SMILES string of the molecule is Cc1c(N2CCCC(C(O)CO)C2)ccc2c(=O)n(N)c(=O)n(C3CC3)c12. The van der Waals surface area contributed by atoms with Crippen molar-refractivity contribution in [1.29, 1.82) is 0 Å². The van der Waals surface area contributed by atoms with Crippen LogP contribution in [0.15, 0.2) is 21.7 Å². The van der Waals surface area contributed by atoms with Gasteiger partial charge in [-0.05, 0) is 50.3 Å². The van der Waals surface area contributed by atoms with Crippen molar-refractivity contribution in [1.82, 2.24) is 9.24 Å². The van der Waals surface area contributed by atoms with Crippen LogP contribution >= 0.6 is 0 Å². The molecule has 0 radical (unpaired) electrons. The molecule has 8 heteroatoms. The van der Waals surface area contributed by atoms with Gasteiger partial charge in [0, 0.05) is 30.7 Å². The first-order valence-corrected chi connectivity index (χ1v) is 9.53. The molecular formula is C19H26N4O4. The molecule has 0 spiro atoms. The number of anilines is 1. The molecule has 2 atom stereocenters. The summed E-state index contributed by atoms with van der Waals surface area (Å²) in [6, 6.07) is 3.73. The standard InChI is InChI=1S/C19H26N4O4/c1-11-15(21-8-2-3-12(9-21)16(25)10-24)7-6-14-17(11)22(13-4-5-13)19(27)23(20)18(14)26/h6-7,12-13,16,24-25H,2-5,8-10,20H2,1H3.